The Morgan fingerprint density at radius 2 is 2.08 bits per heavy atom. The van der Waals surface area contributed by atoms with Crippen LogP contribution in [0.15, 0.2) is 0 Å². The van der Waals surface area contributed by atoms with Gasteiger partial charge in [-0.2, -0.15) is 4.98 Å². The molecule has 0 atom stereocenters. The monoisotopic (exact) mass is 216 g/mol. The van der Waals surface area contributed by atoms with Crippen molar-refractivity contribution in [3.8, 4) is 0 Å². The van der Waals surface area contributed by atoms with Crippen LogP contribution in [0.3, 0.4) is 0 Å². The minimum Gasteiger partial charge on any atom is -0.355 e. The molecular weight excluding hydrogens is 204 g/mol. The van der Waals surface area contributed by atoms with Crippen molar-refractivity contribution in [2.75, 3.05) is 11.9 Å². The molecule has 0 unspecified atom stereocenters. The number of nitrogens with one attached hydrogen (secondary N) is 3. The highest BCUT2D eigenvalue weighted by molar-refractivity contribution is 7.71. The first kappa shape index (κ1) is 10.3. The fraction of sp³-hybridized carbons (Fsp3) is 0.571. The van der Waals surface area contributed by atoms with E-state index in [0.29, 0.717) is 21.4 Å². The lowest BCUT2D eigenvalue weighted by atomic mass is 10.2. The number of anilines is 1. The van der Waals surface area contributed by atoms with E-state index in [0.717, 1.165) is 6.54 Å². The van der Waals surface area contributed by atoms with Crippen LogP contribution in [0.25, 0.3) is 0 Å². The van der Waals surface area contributed by atoms with Gasteiger partial charge in [0.15, 0.2) is 4.77 Å². The van der Waals surface area contributed by atoms with Crippen LogP contribution in [0.2, 0.25) is 0 Å². The van der Waals surface area contributed by atoms with Gasteiger partial charge in [0.1, 0.15) is 0 Å². The Morgan fingerprint density at radius 3 is 2.62 bits per heavy atom. The summed E-state index contributed by atoms with van der Waals surface area (Å²) in [6.45, 7) is 5.08. The van der Waals surface area contributed by atoms with Gasteiger partial charge in [-0.15, -0.1) is 0 Å². The maximum absolute atomic E-state index is 4.91. The average molecular weight is 216 g/mol. The number of rotatable bonds is 3. The van der Waals surface area contributed by atoms with Gasteiger partial charge in [-0.05, 0) is 30.4 Å². The summed E-state index contributed by atoms with van der Waals surface area (Å²) in [7, 11) is 0. The van der Waals surface area contributed by atoms with Gasteiger partial charge in [-0.3, -0.25) is 0 Å². The minimum atomic E-state index is 0.398. The van der Waals surface area contributed by atoms with Crippen LogP contribution in [-0.2, 0) is 0 Å². The molecule has 0 aliphatic carbocycles. The lowest BCUT2D eigenvalue weighted by Gasteiger charge is -2.06. The SMILES string of the molecule is CC(C)CNc1nc(=S)[nH]c(=S)[nH]1. The molecule has 6 heteroatoms. The van der Waals surface area contributed by atoms with Gasteiger partial charge in [-0.25, -0.2) is 0 Å². The molecule has 1 rings (SSSR count). The third-order valence-electron chi connectivity index (χ3n) is 1.34. The van der Waals surface area contributed by atoms with E-state index in [-0.39, 0.29) is 0 Å². The summed E-state index contributed by atoms with van der Waals surface area (Å²) in [4.78, 5) is 9.63. The molecule has 0 aliphatic rings. The van der Waals surface area contributed by atoms with Crippen molar-refractivity contribution in [1.82, 2.24) is 15.0 Å². The van der Waals surface area contributed by atoms with Crippen LogP contribution in [0, 0.1) is 15.5 Å². The maximum Gasteiger partial charge on any atom is 0.205 e. The maximum atomic E-state index is 4.91. The number of hydrogen-bond donors (Lipinski definition) is 3. The zero-order valence-electron chi connectivity index (χ0n) is 7.55. The van der Waals surface area contributed by atoms with Crippen molar-refractivity contribution < 1.29 is 0 Å². The highest BCUT2D eigenvalue weighted by atomic mass is 32.1. The second-order valence-electron chi connectivity index (χ2n) is 3.12. The summed E-state index contributed by atoms with van der Waals surface area (Å²) in [5, 5.41) is 3.11. The molecule has 1 heterocycles. The first-order valence-corrected chi connectivity index (χ1v) is 4.84. The van der Waals surface area contributed by atoms with Gasteiger partial charge in [0.25, 0.3) is 0 Å². The molecule has 4 nitrogen and oxygen atoms in total. The van der Waals surface area contributed by atoms with E-state index >= 15 is 0 Å². The smallest absolute Gasteiger partial charge is 0.205 e. The molecule has 0 amide bonds. The van der Waals surface area contributed by atoms with Crippen LogP contribution >= 0.6 is 24.4 Å². The van der Waals surface area contributed by atoms with E-state index in [4.69, 9.17) is 24.4 Å². The molecule has 13 heavy (non-hydrogen) atoms. The lowest BCUT2D eigenvalue weighted by molar-refractivity contribution is 0.683. The van der Waals surface area contributed by atoms with Crippen molar-refractivity contribution >= 4 is 30.4 Å². The van der Waals surface area contributed by atoms with Crippen molar-refractivity contribution in [3.05, 3.63) is 9.54 Å². The topological polar surface area (TPSA) is 56.5 Å². The van der Waals surface area contributed by atoms with Crippen LogP contribution in [0.5, 0.6) is 0 Å². The first-order chi connectivity index (χ1) is 6.08. The Kier molecular flexibility index (Phi) is 3.56. The van der Waals surface area contributed by atoms with Crippen molar-refractivity contribution in [3.63, 3.8) is 0 Å². The number of aromatic amines is 2. The number of H-pyrrole nitrogens is 2. The van der Waals surface area contributed by atoms with E-state index < -0.39 is 0 Å². The fourth-order valence-electron chi connectivity index (χ4n) is 0.778. The standard InChI is InChI=1S/C7H12N4S2/c1-4(2)3-8-5-9-6(12)11-7(13)10-5/h4H,3H2,1-2H3,(H3,8,9,10,11,12,13). The van der Waals surface area contributed by atoms with E-state index in [1.807, 2.05) is 0 Å². The van der Waals surface area contributed by atoms with Gasteiger partial charge in [0.05, 0.1) is 0 Å². The van der Waals surface area contributed by atoms with Gasteiger partial charge in [0.2, 0.25) is 10.7 Å². The number of hydrogen-bond acceptors (Lipinski definition) is 4. The first-order valence-electron chi connectivity index (χ1n) is 4.02. The Hall–Kier alpha value is -0.750. The number of aromatic nitrogens is 3. The third kappa shape index (κ3) is 3.65. The minimum absolute atomic E-state index is 0.398. The summed E-state index contributed by atoms with van der Waals surface area (Å²) >= 11 is 9.78. The van der Waals surface area contributed by atoms with Crippen LogP contribution in [-0.4, -0.2) is 21.5 Å². The highest BCUT2D eigenvalue weighted by Gasteiger charge is 1.96. The second-order valence-corrected chi connectivity index (χ2v) is 3.91. The molecule has 0 aromatic carbocycles. The zero-order chi connectivity index (χ0) is 9.84. The summed E-state index contributed by atoms with van der Waals surface area (Å²) in [6.07, 6.45) is 0. The largest absolute Gasteiger partial charge is 0.355 e. The summed E-state index contributed by atoms with van der Waals surface area (Å²) < 4.78 is 0.890. The number of nitrogens with zero attached hydrogens (tertiary/aromatic N) is 1. The normalized spacial score (nSPS) is 10.4. The van der Waals surface area contributed by atoms with Gasteiger partial charge >= 0.3 is 0 Å². The fourth-order valence-corrected chi connectivity index (χ4v) is 1.23. The predicted molar refractivity (Wildman–Crippen MR) is 57.9 cm³/mol. The molecule has 0 radical (unpaired) electrons. The van der Waals surface area contributed by atoms with Gasteiger partial charge in [-0.1, -0.05) is 13.8 Å². The molecule has 0 bridgehead atoms. The van der Waals surface area contributed by atoms with Crippen molar-refractivity contribution in [2.24, 2.45) is 5.92 Å². The Balaban J connectivity index is 2.78. The Labute approximate surface area is 86.8 Å². The molecule has 1 aromatic rings. The Morgan fingerprint density at radius 1 is 1.38 bits per heavy atom. The molecule has 0 fully saturated rings. The zero-order valence-corrected chi connectivity index (χ0v) is 9.18. The highest BCUT2D eigenvalue weighted by Crippen LogP contribution is 1.98. The molecular formula is C7H12N4S2. The molecule has 0 saturated heterocycles. The summed E-state index contributed by atoms with van der Waals surface area (Å²) in [5.41, 5.74) is 0. The third-order valence-corrected chi connectivity index (χ3v) is 1.74. The van der Waals surface area contributed by atoms with E-state index in [1.54, 1.807) is 0 Å². The van der Waals surface area contributed by atoms with Gasteiger partial charge < -0.3 is 15.3 Å². The Bertz CT molecular complexity index is 350. The van der Waals surface area contributed by atoms with Crippen molar-refractivity contribution in [1.29, 1.82) is 0 Å². The molecule has 1 aromatic heterocycles. The molecule has 72 valence electrons. The van der Waals surface area contributed by atoms with Crippen LogP contribution in [0.1, 0.15) is 13.8 Å². The predicted octanol–water partition coefficient (Wildman–Crippen LogP) is 2.26. The van der Waals surface area contributed by atoms with E-state index in [2.05, 4.69) is 34.1 Å². The lowest BCUT2D eigenvalue weighted by Crippen LogP contribution is -2.11. The van der Waals surface area contributed by atoms with Crippen LogP contribution in [0.4, 0.5) is 5.95 Å². The molecule has 0 saturated carbocycles. The van der Waals surface area contributed by atoms with Crippen molar-refractivity contribution in [2.45, 2.75) is 13.8 Å². The summed E-state index contributed by atoms with van der Waals surface area (Å²) in [6, 6.07) is 0. The summed E-state index contributed by atoms with van der Waals surface area (Å²) in [5.74, 6) is 1.18. The quantitative estimate of drug-likeness (QED) is 0.678. The molecule has 3 N–H and O–H groups in total. The van der Waals surface area contributed by atoms with E-state index in [1.165, 1.54) is 0 Å². The molecule has 0 aliphatic heterocycles. The average Bonchev–Trinajstić information content (AvgIpc) is 1.99. The van der Waals surface area contributed by atoms with E-state index in [9.17, 15) is 0 Å². The van der Waals surface area contributed by atoms with Gasteiger partial charge in [0, 0.05) is 6.54 Å². The molecule has 0 spiro atoms. The van der Waals surface area contributed by atoms with Crippen LogP contribution < -0.4 is 5.32 Å². The second kappa shape index (κ2) is 4.48.